The third kappa shape index (κ3) is 7.39. The van der Waals surface area contributed by atoms with Crippen LogP contribution in [-0.2, 0) is 19.3 Å². The lowest BCUT2D eigenvalue weighted by Gasteiger charge is -2.30. The van der Waals surface area contributed by atoms with E-state index < -0.39 is 0 Å². The quantitative estimate of drug-likeness (QED) is 0.153. The second-order valence-corrected chi connectivity index (χ2v) is 20.9. The zero-order chi connectivity index (χ0) is 50.1. The summed E-state index contributed by atoms with van der Waals surface area (Å²) < 4.78 is 0. The second kappa shape index (κ2) is 18.3. The third-order valence-corrected chi connectivity index (χ3v) is 16.7. The molecule has 2 heterocycles. The van der Waals surface area contributed by atoms with Gasteiger partial charge in [-0.1, -0.05) is 194 Å². The van der Waals surface area contributed by atoms with Crippen LogP contribution in [0.2, 0.25) is 0 Å². The number of fused-ring (bicyclic) bond motifs is 7. The van der Waals surface area contributed by atoms with Crippen molar-refractivity contribution in [3.05, 3.63) is 283 Å². The molecule has 0 radical (unpaired) electrons. The van der Waals surface area contributed by atoms with Gasteiger partial charge in [0, 0.05) is 34.1 Å². The van der Waals surface area contributed by atoms with E-state index >= 15 is 0 Å². The van der Waals surface area contributed by atoms with Gasteiger partial charge in [0.15, 0.2) is 0 Å². The first-order valence-corrected chi connectivity index (χ1v) is 27.1. The lowest BCUT2D eigenvalue weighted by Crippen LogP contribution is -2.18. The maximum Gasteiger partial charge on any atom is 0.0493 e. The van der Waals surface area contributed by atoms with Gasteiger partial charge in [-0.25, -0.2) is 0 Å². The Kier molecular flexibility index (Phi) is 10.7. The summed E-state index contributed by atoms with van der Waals surface area (Å²) in [6.07, 6.45) is 11.0. The topological polar surface area (TPSA) is 6.48 Å². The standard InChI is InChI=1S/C74H54N2/c1-7-29-61-49(17-1)23-15-31-63(61)55-25-13-27-57(45-55)73-65-43-41-60(76-71-35-11-5-21-53(71)39-40-54-22-6-12-36-72(54)76)48-68(65)74(58-28-14-26-56(46-58)64-32-16-24-50-18-2-8-30-62(50)64)66-44-42-59(47-67(66)73)75-69-33-9-3-19-51(69)37-38-52-20-4-10-34-70(52)75/h1-5,7-21,23-36,41-48H,6,22,37-40H2. The number of hydrogen-bond acceptors (Lipinski definition) is 2. The molecule has 15 rings (SSSR count). The molecule has 0 bridgehead atoms. The van der Waals surface area contributed by atoms with Crippen LogP contribution < -0.4 is 9.80 Å². The van der Waals surface area contributed by atoms with Crippen molar-refractivity contribution in [2.24, 2.45) is 0 Å². The number of anilines is 5. The van der Waals surface area contributed by atoms with Crippen LogP contribution in [-0.4, -0.2) is 0 Å². The van der Waals surface area contributed by atoms with Gasteiger partial charge >= 0.3 is 0 Å². The van der Waals surface area contributed by atoms with Gasteiger partial charge in [-0.3, -0.25) is 0 Å². The first-order valence-electron chi connectivity index (χ1n) is 27.1. The molecule has 1 aliphatic carbocycles. The molecule has 0 aromatic heterocycles. The van der Waals surface area contributed by atoms with Gasteiger partial charge in [0.25, 0.3) is 0 Å². The smallest absolute Gasteiger partial charge is 0.0493 e. The van der Waals surface area contributed by atoms with Crippen molar-refractivity contribution in [1.82, 2.24) is 0 Å². The highest BCUT2D eigenvalue weighted by Gasteiger charge is 2.28. The van der Waals surface area contributed by atoms with E-state index in [1.807, 2.05) is 0 Å². The summed E-state index contributed by atoms with van der Waals surface area (Å²) in [6.45, 7) is 0. The van der Waals surface area contributed by atoms with Crippen LogP contribution in [0.5, 0.6) is 0 Å². The first kappa shape index (κ1) is 44.3. The minimum atomic E-state index is 0.989. The fraction of sp³-hybridized carbons (Fsp3) is 0.0811. The van der Waals surface area contributed by atoms with Gasteiger partial charge in [-0.05, 0) is 209 Å². The highest BCUT2D eigenvalue weighted by molar-refractivity contribution is 6.23. The lowest BCUT2D eigenvalue weighted by atomic mass is 9.84. The second-order valence-electron chi connectivity index (χ2n) is 20.9. The molecular weight excluding hydrogens is 917 g/mol. The van der Waals surface area contributed by atoms with E-state index in [0.29, 0.717) is 0 Å². The Morgan fingerprint density at radius 1 is 0.289 bits per heavy atom. The van der Waals surface area contributed by atoms with Gasteiger partial charge in [0.2, 0.25) is 0 Å². The Balaban J connectivity index is 1.06. The van der Waals surface area contributed by atoms with Crippen LogP contribution in [0, 0.1) is 0 Å². The maximum absolute atomic E-state index is 2.57. The Morgan fingerprint density at radius 3 is 1.28 bits per heavy atom. The van der Waals surface area contributed by atoms with E-state index in [1.165, 1.54) is 138 Å². The SMILES string of the molecule is C1=CC2=C(CC1)CCc1ccccc1N2c1ccc2c(-c3cccc(-c4cccc5ccccc45)c3)c3cc(N4c5ccccc5CCc5ccccc54)ccc3c(-c3cccc(-c4cccc5ccccc45)c3)c2c1. The molecule has 0 spiro atoms. The fourth-order valence-electron chi connectivity index (χ4n) is 13.1. The normalized spacial score (nSPS) is 14.1. The van der Waals surface area contributed by atoms with Gasteiger partial charge in [-0.2, -0.15) is 0 Å². The van der Waals surface area contributed by atoms with Crippen molar-refractivity contribution in [3.63, 3.8) is 0 Å². The number of rotatable bonds is 6. The van der Waals surface area contributed by atoms with E-state index in [-0.39, 0.29) is 0 Å². The molecule has 2 heteroatoms. The summed E-state index contributed by atoms with van der Waals surface area (Å²) in [6, 6.07) is 91.5. The van der Waals surface area contributed by atoms with E-state index in [4.69, 9.17) is 0 Å². The van der Waals surface area contributed by atoms with Crippen LogP contribution >= 0.6 is 0 Å². The van der Waals surface area contributed by atoms with Gasteiger partial charge in [-0.15, -0.1) is 0 Å². The molecule has 3 aliphatic rings. The zero-order valence-electron chi connectivity index (χ0n) is 42.4. The van der Waals surface area contributed by atoms with Crippen LogP contribution in [0.15, 0.2) is 266 Å². The summed E-state index contributed by atoms with van der Waals surface area (Å²) in [5.41, 5.74) is 22.8. The average Bonchev–Trinajstić information content (AvgIpc) is 3.79. The Hall–Kier alpha value is -9.24. The molecule has 0 fully saturated rings. The van der Waals surface area contributed by atoms with Crippen LogP contribution in [0.1, 0.15) is 36.0 Å². The summed E-state index contributed by atoms with van der Waals surface area (Å²) in [5, 5.41) is 9.90. The van der Waals surface area contributed by atoms with Crippen LogP contribution in [0.3, 0.4) is 0 Å². The molecule has 2 nitrogen and oxygen atoms in total. The molecule has 76 heavy (non-hydrogen) atoms. The fourth-order valence-corrected chi connectivity index (χ4v) is 13.1. The van der Waals surface area contributed by atoms with Crippen molar-refractivity contribution >= 4 is 71.5 Å². The molecule has 12 aromatic carbocycles. The predicted molar refractivity (Wildman–Crippen MR) is 323 cm³/mol. The molecule has 0 atom stereocenters. The molecule has 0 unspecified atom stereocenters. The maximum atomic E-state index is 2.57. The molecule has 0 amide bonds. The van der Waals surface area contributed by atoms with E-state index in [1.54, 1.807) is 0 Å². The molecular formula is C74H54N2. The largest absolute Gasteiger partial charge is 0.310 e. The van der Waals surface area contributed by atoms with Crippen LogP contribution in [0.25, 0.3) is 87.6 Å². The van der Waals surface area contributed by atoms with E-state index in [0.717, 1.165) is 44.2 Å². The molecule has 0 saturated carbocycles. The van der Waals surface area contributed by atoms with Crippen LogP contribution in [0.4, 0.5) is 28.4 Å². The van der Waals surface area contributed by atoms with Crippen molar-refractivity contribution in [3.8, 4) is 44.5 Å². The van der Waals surface area contributed by atoms with Gasteiger partial charge in [0.1, 0.15) is 0 Å². The summed E-state index contributed by atoms with van der Waals surface area (Å²) in [4.78, 5) is 5.10. The highest BCUT2D eigenvalue weighted by Crippen LogP contribution is 2.51. The van der Waals surface area contributed by atoms with Gasteiger partial charge in [0.05, 0.1) is 0 Å². The van der Waals surface area contributed by atoms with Crippen molar-refractivity contribution in [2.75, 3.05) is 9.80 Å². The monoisotopic (exact) mass is 970 g/mol. The van der Waals surface area contributed by atoms with Gasteiger partial charge < -0.3 is 9.80 Å². The average molecular weight is 971 g/mol. The minimum absolute atomic E-state index is 0.989. The van der Waals surface area contributed by atoms with Crippen molar-refractivity contribution in [1.29, 1.82) is 0 Å². The molecule has 360 valence electrons. The number of hydrogen-bond donors (Lipinski definition) is 0. The first-order chi connectivity index (χ1) is 37.7. The summed E-state index contributed by atoms with van der Waals surface area (Å²) >= 11 is 0. The molecule has 12 aromatic rings. The Morgan fingerprint density at radius 2 is 0.724 bits per heavy atom. The Labute approximate surface area is 444 Å². The molecule has 2 aliphatic heterocycles. The number of benzene rings is 12. The molecule has 0 N–H and O–H groups in total. The summed E-state index contributed by atoms with van der Waals surface area (Å²) in [7, 11) is 0. The lowest BCUT2D eigenvalue weighted by molar-refractivity contribution is 0.833. The van der Waals surface area contributed by atoms with E-state index in [2.05, 4.69) is 265 Å². The number of nitrogens with zero attached hydrogens (tertiary/aromatic N) is 2. The number of para-hydroxylation sites is 3. The number of aryl methyl sites for hydroxylation is 3. The number of allylic oxidation sites excluding steroid dienone is 3. The van der Waals surface area contributed by atoms with Crippen molar-refractivity contribution < 1.29 is 0 Å². The van der Waals surface area contributed by atoms with E-state index in [9.17, 15) is 0 Å². The predicted octanol–water partition coefficient (Wildman–Crippen LogP) is 20.2. The third-order valence-electron chi connectivity index (χ3n) is 16.7. The Bertz CT molecular complexity index is 4320. The highest BCUT2D eigenvalue weighted by atomic mass is 15.2. The summed E-state index contributed by atoms with van der Waals surface area (Å²) in [5.74, 6) is 0. The van der Waals surface area contributed by atoms with Crippen molar-refractivity contribution in [2.45, 2.75) is 38.5 Å². The zero-order valence-corrected chi connectivity index (χ0v) is 42.4. The minimum Gasteiger partial charge on any atom is -0.310 e. The molecule has 0 saturated heterocycles.